The Balaban J connectivity index is 0.924. The van der Waals surface area contributed by atoms with Gasteiger partial charge in [0, 0.05) is 39.5 Å². The van der Waals surface area contributed by atoms with Crippen molar-refractivity contribution in [3.63, 3.8) is 0 Å². The number of nitrogens with zero attached hydrogens (tertiary/aromatic N) is 2. The van der Waals surface area contributed by atoms with E-state index in [-0.39, 0.29) is 10.8 Å². The highest BCUT2D eigenvalue weighted by molar-refractivity contribution is 5.98. The van der Waals surface area contributed by atoms with E-state index in [2.05, 4.69) is 242 Å². The van der Waals surface area contributed by atoms with Crippen LogP contribution in [0.4, 0.5) is 34.1 Å². The molecule has 2 heteroatoms. The first-order valence-electron chi connectivity index (χ1n) is 23.7. The Morgan fingerprint density at radius 3 is 1.32 bits per heavy atom. The third-order valence-corrected chi connectivity index (χ3v) is 15.2. The van der Waals surface area contributed by atoms with Gasteiger partial charge in [0.05, 0.1) is 5.41 Å². The summed E-state index contributed by atoms with van der Waals surface area (Å²) in [5.74, 6) is 0. The van der Waals surface area contributed by atoms with Gasteiger partial charge >= 0.3 is 0 Å². The molecule has 0 fully saturated rings. The van der Waals surface area contributed by atoms with Gasteiger partial charge in [-0.25, -0.2) is 0 Å². The van der Waals surface area contributed by atoms with Crippen LogP contribution in [0.15, 0.2) is 230 Å². The minimum atomic E-state index is -0.320. The minimum absolute atomic E-state index is 0.250. The van der Waals surface area contributed by atoms with Crippen LogP contribution in [-0.2, 0) is 10.8 Å². The molecule has 0 bridgehead atoms. The maximum absolute atomic E-state index is 2.55. The molecule has 1 atom stereocenters. The van der Waals surface area contributed by atoms with Crippen molar-refractivity contribution in [2.75, 3.05) is 9.80 Å². The molecule has 8 aromatic carbocycles. The number of hydrogen-bond donors (Lipinski definition) is 0. The molecule has 13 rings (SSSR count). The van der Waals surface area contributed by atoms with Gasteiger partial charge in [0.15, 0.2) is 0 Å². The summed E-state index contributed by atoms with van der Waals surface area (Å²) in [4.78, 5) is 4.89. The Bertz CT molecular complexity index is 3360. The SMILES string of the molecule is CC1(C)c2cc(N(c3ccccc3)c3ccc(-c4ccccc4)cc3)ccc2-c2ccc(N(c3ccccc3)c3ccc4c(c3)C3(C5=C(CCC=C5)c5ccccc53)C3=C4CCC=C3)cc21. The van der Waals surface area contributed by atoms with Gasteiger partial charge in [-0.2, -0.15) is 0 Å². The van der Waals surface area contributed by atoms with Crippen molar-refractivity contribution in [3.05, 3.63) is 263 Å². The van der Waals surface area contributed by atoms with E-state index in [9.17, 15) is 0 Å². The molecule has 5 aliphatic carbocycles. The molecule has 316 valence electrons. The standard InChI is InChI=1S/C64H50N2/c1-63(2)60-40-48(65(45-20-8-4-9-21-45)47-32-30-44(31-33-47)43-18-6-3-7-19-43)34-37-54(60)55-38-35-49(41-61(55)63)66(46-22-10-5-11-23-46)50-36-39-56-53-26-14-17-29-59(53)64(62(56)42-50)57-27-15-12-24-51(57)52-25-13-16-28-58(52)64/h3-12,15-24,27-42H,13-14,25-26H2,1-2H3. The van der Waals surface area contributed by atoms with Gasteiger partial charge in [-0.15, -0.1) is 0 Å². The lowest BCUT2D eigenvalue weighted by molar-refractivity contribution is 0.660. The predicted octanol–water partition coefficient (Wildman–Crippen LogP) is 17.1. The molecular weight excluding hydrogens is 797 g/mol. The Morgan fingerprint density at radius 1 is 0.348 bits per heavy atom. The first-order chi connectivity index (χ1) is 32.5. The maximum atomic E-state index is 2.55. The highest BCUT2D eigenvalue weighted by Gasteiger charge is 2.53. The summed E-state index contributed by atoms with van der Waals surface area (Å²) in [6, 6.07) is 72.3. The van der Waals surface area contributed by atoms with Crippen LogP contribution in [0.25, 0.3) is 33.4 Å². The van der Waals surface area contributed by atoms with Crippen LogP contribution in [0.3, 0.4) is 0 Å². The van der Waals surface area contributed by atoms with Gasteiger partial charge in [0.1, 0.15) is 0 Å². The zero-order valence-corrected chi connectivity index (χ0v) is 37.5. The summed E-state index contributed by atoms with van der Waals surface area (Å²) in [6.45, 7) is 4.81. The van der Waals surface area contributed by atoms with E-state index in [1.54, 1.807) is 0 Å². The molecular formula is C64H50N2. The molecule has 0 amide bonds. The molecule has 1 unspecified atom stereocenters. The van der Waals surface area contributed by atoms with Crippen molar-refractivity contribution in [1.82, 2.24) is 0 Å². The number of fused-ring (bicyclic) bond motifs is 11. The van der Waals surface area contributed by atoms with Gasteiger partial charge in [0.25, 0.3) is 0 Å². The van der Waals surface area contributed by atoms with Gasteiger partial charge in [-0.3, -0.25) is 0 Å². The highest BCUT2D eigenvalue weighted by Crippen LogP contribution is 2.64. The van der Waals surface area contributed by atoms with Gasteiger partial charge in [-0.1, -0.05) is 159 Å². The van der Waals surface area contributed by atoms with Crippen molar-refractivity contribution >= 4 is 45.3 Å². The van der Waals surface area contributed by atoms with Crippen LogP contribution in [0.1, 0.15) is 72.9 Å². The first kappa shape index (κ1) is 38.8. The second-order valence-electron chi connectivity index (χ2n) is 19.0. The average Bonchev–Trinajstić information content (AvgIpc) is 3.93. The van der Waals surface area contributed by atoms with E-state index < -0.39 is 0 Å². The van der Waals surface area contributed by atoms with Crippen LogP contribution in [0, 0.1) is 0 Å². The lowest BCUT2D eigenvalue weighted by Crippen LogP contribution is -2.28. The predicted molar refractivity (Wildman–Crippen MR) is 277 cm³/mol. The van der Waals surface area contributed by atoms with E-state index in [1.165, 1.54) is 89.3 Å². The summed E-state index contributed by atoms with van der Waals surface area (Å²) in [7, 11) is 0. The Morgan fingerprint density at radius 2 is 0.758 bits per heavy atom. The Hall–Kier alpha value is -7.68. The zero-order valence-electron chi connectivity index (χ0n) is 37.5. The van der Waals surface area contributed by atoms with Crippen LogP contribution >= 0.6 is 0 Å². The fourth-order valence-corrected chi connectivity index (χ4v) is 12.3. The third-order valence-electron chi connectivity index (χ3n) is 15.2. The zero-order chi connectivity index (χ0) is 44.0. The van der Waals surface area contributed by atoms with E-state index in [4.69, 9.17) is 0 Å². The van der Waals surface area contributed by atoms with Crippen molar-refractivity contribution in [3.8, 4) is 22.3 Å². The fourth-order valence-electron chi connectivity index (χ4n) is 12.3. The fraction of sp³-hybridized carbons (Fsp3) is 0.125. The number of para-hydroxylation sites is 2. The van der Waals surface area contributed by atoms with Crippen LogP contribution in [-0.4, -0.2) is 0 Å². The van der Waals surface area contributed by atoms with E-state index in [0.717, 1.165) is 48.4 Å². The lowest BCUT2D eigenvalue weighted by atomic mass is 9.67. The van der Waals surface area contributed by atoms with Gasteiger partial charge in [0.2, 0.25) is 0 Å². The van der Waals surface area contributed by atoms with Crippen molar-refractivity contribution < 1.29 is 0 Å². The molecule has 5 aliphatic rings. The number of benzene rings is 8. The summed E-state index contributed by atoms with van der Waals surface area (Å²) in [5.41, 5.74) is 25.7. The number of hydrogen-bond acceptors (Lipinski definition) is 2. The topological polar surface area (TPSA) is 6.48 Å². The van der Waals surface area contributed by atoms with Crippen molar-refractivity contribution in [1.29, 1.82) is 0 Å². The summed E-state index contributed by atoms with van der Waals surface area (Å²) >= 11 is 0. The first-order valence-corrected chi connectivity index (χ1v) is 23.7. The molecule has 1 spiro atoms. The molecule has 66 heavy (non-hydrogen) atoms. The van der Waals surface area contributed by atoms with Crippen molar-refractivity contribution in [2.45, 2.75) is 50.4 Å². The third kappa shape index (κ3) is 5.67. The Kier molecular flexibility index (Phi) is 8.77. The molecule has 8 aromatic rings. The molecule has 0 saturated heterocycles. The molecule has 0 aliphatic heterocycles. The van der Waals surface area contributed by atoms with E-state index in [0.29, 0.717) is 0 Å². The molecule has 0 N–H and O–H groups in total. The monoisotopic (exact) mass is 846 g/mol. The second-order valence-corrected chi connectivity index (χ2v) is 19.0. The molecule has 0 heterocycles. The van der Waals surface area contributed by atoms with E-state index in [1.807, 2.05) is 0 Å². The molecule has 0 aromatic heterocycles. The summed E-state index contributed by atoms with van der Waals surface area (Å²) in [6.07, 6.45) is 14.1. The summed E-state index contributed by atoms with van der Waals surface area (Å²) in [5, 5.41) is 0. The minimum Gasteiger partial charge on any atom is -0.310 e. The number of anilines is 6. The number of allylic oxidation sites excluding steroid dienone is 8. The molecule has 0 saturated carbocycles. The molecule has 2 nitrogen and oxygen atoms in total. The van der Waals surface area contributed by atoms with Crippen LogP contribution in [0.2, 0.25) is 0 Å². The maximum Gasteiger partial charge on any atom is 0.0719 e. The van der Waals surface area contributed by atoms with Crippen LogP contribution < -0.4 is 9.80 Å². The highest BCUT2D eigenvalue weighted by atomic mass is 15.1. The summed E-state index contributed by atoms with van der Waals surface area (Å²) < 4.78 is 0. The van der Waals surface area contributed by atoms with Crippen LogP contribution in [0.5, 0.6) is 0 Å². The van der Waals surface area contributed by atoms with Gasteiger partial charge < -0.3 is 9.80 Å². The van der Waals surface area contributed by atoms with E-state index >= 15 is 0 Å². The Labute approximate surface area is 388 Å². The average molecular weight is 847 g/mol. The largest absolute Gasteiger partial charge is 0.310 e. The second kappa shape index (κ2) is 14.9. The smallest absolute Gasteiger partial charge is 0.0719 e. The van der Waals surface area contributed by atoms with Gasteiger partial charge in [-0.05, 0) is 176 Å². The van der Waals surface area contributed by atoms with Crippen molar-refractivity contribution in [2.24, 2.45) is 0 Å². The number of rotatable bonds is 7. The quantitative estimate of drug-likeness (QED) is 0.158. The normalized spacial score (nSPS) is 17.8. The lowest BCUT2D eigenvalue weighted by Gasteiger charge is -2.35. The molecule has 0 radical (unpaired) electrons.